The lowest BCUT2D eigenvalue weighted by Crippen LogP contribution is -2.27. The minimum absolute atomic E-state index is 0.283. The lowest BCUT2D eigenvalue weighted by Gasteiger charge is -2.16. The van der Waals surface area contributed by atoms with Crippen LogP contribution in [-0.4, -0.2) is 24.7 Å². The molecule has 1 N–H and O–H groups in total. The van der Waals surface area contributed by atoms with Gasteiger partial charge >= 0.3 is 6.36 Å². The van der Waals surface area contributed by atoms with Gasteiger partial charge in [-0.05, 0) is 24.6 Å². The number of sulfonamides is 1. The van der Waals surface area contributed by atoms with Crippen LogP contribution in [0.15, 0.2) is 47.9 Å². The second-order valence-electron chi connectivity index (χ2n) is 4.51. The molecule has 1 aromatic carbocycles. The highest BCUT2D eigenvalue weighted by molar-refractivity contribution is 7.89. The van der Waals surface area contributed by atoms with Crippen LogP contribution in [0.2, 0.25) is 0 Å². The van der Waals surface area contributed by atoms with E-state index in [1.807, 2.05) is 0 Å². The molecule has 0 amide bonds. The number of benzene rings is 1. The SMILES string of the molecule is C[C@H](NS(=O)(=O)c1cnccn1)c1cccc(OC(F)(F)F)c1. The molecule has 2 rings (SSSR count). The van der Waals surface area contributed by atoms with Gasteiger partial charge in [0.05, 0.1) is 6.20 Å². The van der Waals surface area contributed by atoms with E-state index < -0.39 is 28.2 Å². The van der Waals surface area contributed by atoms with Gasteiger partial charge in [0.2, 0.25) is 0 Å². The molecule has 0 saturated carbocycles. The average Bonchev–Trinajstić information content (AvgIpc) is 2.46. The van der Waals surface area contributed by atoms with Crippen LogP contribution in [-0.2, 0) is 10.0 Å². The highest BCUT2D eigenvalue weighted by Crippen LogP contribution is 2.26. The first-order chi connectivity index (χ1) is 10.7. The van der Waals surface area contributed by atoms with Gasteiger partial charge < -0.3 is 4.74 Å². The van der Waals surface area contributed by atoms with Crippen molar-refractivity contribution in [3.8, 4) is 5.75 Å². The molecule has 0 aliphatic rings. The second kappa shape index (κ2) is 6.50. The Balaban J connectivity index is 2.18. The molecule has 10 heteroatoms. The van der Waals surface area contributed by atoms with Crippen molar-refractivity contribution in [1.29, 1.82) is 0 Å². The van der Waals surface area contributed by atoms with Crippen LogP contribution in [0.5, 0.6) is 5.75 Å². The number of halogens is 3. The van der Waals surface area contributed by atoms with E-state index in [1.165, 1.54) is 31.5 Å². The third-order valence-corrected chi connectivity index (χ3v) is 4.16. The number of nitrogens with one attached hydrogen (secondary N) is 1. The summed E-state index contributed by atoms with van der Waals surface area (Å²) in [6.45, 7) is 1.49. The Kier molecular flexibility index (Phi) is 4.85. The zero-order chi connectivity index (χ0) is 17.1. The highest BCUT2D eigenvalue weighted by Gasteiger charge is 2.31. The topological polar surface area (TPSA) is 81.2 Å². The molecule has 0 aliphatic heterocycles. The van der Waals surface area contributed by atoms with Gasteiger partial charge in [-0.15, -0.1) is 13.2 Å². The van der Waals surface area contributed by atoms with Gasteiger partial charge in [0, 0.05) is 18.4 Å². The van der Waals surface area contributed by atoms with Crippen molar-refractivity contribution in [2.75, 3.05) is 0 Å². The smallest absolute Gasteiger partial charge is 0.406 e. The van der Waals surface area contributed by atoms with Crippen molar-refractivity contribution in [3.05, 3.63) is 48.4 Å². The van der Waals surface area contributed by atoms with Crippen molar-refractivity contribution in [2.24, 2.45) is 0 Å². The highest BCUT2D eigenvalue weighted by atomic mass is 32.2. The van der Waals surface area contributed by atoms with Crippen molar-refractivity contribution >= 4 is 10.0 Å². The molecule has 1 aromatic heterocycles. The average molecular weight is 347 g/mol. The first kappa shape index (κ1) is 17.2. The summed E-state index contributed by atoms with van der Waals surface area (Å²) in [4.78, 5) is 7.34. The first-order valence-electron chi connectivity index (χ1n) is 6.31. The fraction of sp³-hybridized carbons (Fsp3) is 0.231. The van der Waals surface area contributed by atoms with E-state index in [2.05, 4.69) is 19.4 Å². The van der Waals surface area contributed by atoms with E-state index in [4.69, 9.17) is 0 Å². The summed E-state index contributed by atoms with van der Waals surface area (Å²) in [5, 5.41) is -0.283. The second-order valence-corrected chi connectivity index (χ2v) is 6.17. The fourth-order valence-electron chi connectivity index (χ4n) is 1.77. The number of hydrogen-bond donors (Lipinski definition) is 1. The van der Waals surface area contributed by atoms with E-state index in [0.29, 0.717) is 5.56 Å². The summed E-state index contributed by atoms with van der Waals surface area (Å²) < 4.78 is 67.0. The minimum Gasteiger partial charge on any atom is -0.406 e. The fourth-order valence-corrected chi connectivity index (χ4v) is 2.89. The summed E-state index contributed by atoms with van der Waals surface area (Å²) in [5.41, 5.74) is 0.305. The standard InChI is InChI=1S/C13H12F3N3O3S/c1-9(19-23(20,21)12-8-17-5-6-18-12)10-3-2-4-11(7-10)22-13(14,15)16/h2-9,19H,1H3/t9-/m0/s1. The molecule has 1 heterocycles. The van der Waals surface area contributed by atoms with Gasteiger partial charge in [0.25, 0.3) is 10.0 Å². The van der Waals surface area contributed by atoms with Gasteiger partial charge in [-0.2, -0.15) is 0 Å². The van der Waals surface area contributed by atoms with Crippen LogP contribution in [0, 0.1) is 0 Å². The minimum atomic E-state index is -4.82. The van der Waals surface area contributed by atoms with Gasteiger partial charge in [-0.3, -0.25) is 4.98 Å². The molecule has 0 saturated heterocycles. The molecule has 6 nitrogen and oxygen atoms in total. The Morgan fingerprint density at radius 2 is 2.00 bits per heavy atom. The molecule has 23 heavy (non-hydrogen) atoms. The van der Waals surface area contributed by atoms with Gasteiger partial charge in [0.15, 0.2) is 5.03 Å². The molecule has 0 unspecified atom stereocenters. The van der Waals surface area contributed by atoms with Crippen LogP contribution >= 0.6 is 0 Å². The van der Waals surface area contributed by atoms with Gasteiger partial charge in [-0.25, -0.2) is 18.1 Å². The quantitative estimate of drug-likeness (QED) is 0.898. The van der Waals surface area contributed by atoms with Gasteiger partial charge in [-0.1, -0.05) is 12.1 Å². The maximum atomic E-state index is 12.2. The van der Waals surface area contributed by atoms with Crippen LogP contribution in [0.25, 0.3) is 0 Å². The van der Waals surface area contributed by atoms with E-state index in [1.54, 1.807) is 0 Å². The first-order valence-corrected chi connectivity index (χ1v) is 7.80. The molecule has 0 spiro atoms. The molecule has 1 atom stereocenters. The Morgan fingerprint density at radius 3 is 2.61 bits per heavy atom. The summed E-state index contributed by atoms with van der Waals surface area (Å²) in [6.07, 6.45) is -1.21. The Bertz CT molecular complexity index is 767. The maximum Gasteiger partial charge on any atom is 0.573 e. The number of rotatable bonds is 5. The molecule has 0 radical (unpaired) electrons. The molecule has 0 fully saturated rings. The Labute approximate surface area is 130 Å². The third-order valence-electron chi connectivity index (χ3n) is 2.74. The van der Waals surface area contributed by atoms with E-state index in [0.717, 1.165) is 18.3 Å². The molecule has 124 valence electrons. The number of hydrogen-bond acceptors (Lipinski definition) is 5. The molecule has 0 aliphatic carbocycles. The lowest BCUT2D eigenvalue weighted by molar-refractivity contribution is -0.274. The predicted molar refractivity (Wildman–Crippen MR) is 73.9 cm³/mol. The zero-order valence-corrected chi connectivity index (χ0v) is 12.6. The largest absolute Gasteiger partial charge is 0.573 e. The van der Waals surface area contributed by atoms with Crippen molar-refractivity contribution in [3.63, 3.8) is 0 Å². The summed E-state index contributed by atoms with van der Waals surface area (Å²) in [5.74, 6) is -0.430. The number of ether oxygens (including phenoxy) is 1. The summed E-state index contributed by atoms with van der Waals surface area (Å²) >= 11 is 0. The zero-order valence-electron chi connectivity index (χ0n) is 11.8. The molecule has 0 bridgehead atoms. The van der Waals surface area contributed by atoms with Crippen molar-refractivity contribution < 1.29 is 26.3 Å². The van der Waals surface area contributed by atoms with Crippen LogP contribution < -0.4 is 9.46 Å². The van der Waals surface area contributed by atoms with Crippen LogP contribution in [0.4, 0.5) is 13.2 Å². The number of aromatic nitrogens is 2. The maximum absolute atomic E-state index is 12.2. The number of alkyl halides is 3. The molecular weight excluding hydrogens is 335 g/mol. The normalized spacial score (nSPS) is 13.6. The van der Waals surface area contributed by atoms with E-state index in [-0.39, 0.29) is 5.03 Å². The van der Waals surface area contributed by atoms with E-state index in [9.17, 15) is 21.6 Å². The van der Waals surface area contributed by atoms with E-state index >= 15 is 0 Å². The molecule has 2 aromatic rings. The Hall–Kier alpha value is -2.20. The molecular formula is C13H12F3N3O3S. The van der Waals surface area contributed by atoms with Crippen LogP contribution in [0.3, 0.4) is 0 Å². The summed E-state index contributed by atoms with van der Waals surface area (Å²) in [7, 11) is -3.94. The number of nitrogens with zero attached hydrogens (tertiary/aromatic N) is 2. The van der Waals surface area contributed by atoms with Crippen molar-refractivity contribution in [1.82, 2.24) is 14.7 Å². The van der Waals surface area contributed by atoms with Crippen molar-refractivity contribution in [2.45, 2.75) is 24.4 Å². The lowest BCUT2D eigenvalue weighted by atomic mass is 10.1. The summed E-state index contributed by atoms with van der Waals surface area (Å²) in [6, 6.07) is 4.26. The third kappa shape index (κ3) is 4.89. The predicted octanol–water partition coefficient (Wildman–Crippen LogP) is 2.41. The van der Waals surface area contributed by atoms with Crippen LogP contribution in [0.1, 0.15) is 18.5 Å². The van der Waals surface area contributed by atoms with Gasteiger partial charge in [0.1, 0.15) is 5.75 Å². The Morgan fingerprint density at radius 1 is 1.26 bits per heavy atom. The monoisotopic (exact) mass is 347 g/mol.